The molecule has 0 N–H and O–H groups in total. The summed E-state index contributed by atoms with van der Waals surface area (Å²) < 4.78 is 6.24. The van der Waals surface area contributed by atoms with Crippen LogP contribution in [0.2, 0.25) is 0 Å². The molecule has 0 spiro atoms. The first-order valence-corrected chi connectivity index (χ1v) is 9.38. The van der Waals surface area contributed by atoms with Gasteiger partial charge >= 0.3 is 5.97 Å². The molecule has 1 aromatic carbocycles. The predicted octanol–water partition coefficient (Wildman–Crippen LogP) is 3.97. The number of ether oxygens (including phenoxy) is 1. The zero-order valence-corrected chi connectivity index (χ0v) is 17.4. The van der Waals surface area contributed by atoms with Crippen LogP contribution < -0.4 is 0 Å². The van der Waals surface area contributed by atoms with E-state index < -0.39 is 40.7 Å². The van der Waals surface area contributed by atoms with E-state index in [1.165, 1.54) is 12.3 Å². The Balaban J connectivity index is 2.58. The highest BCUT2D eigenvalue weighted by Crippen LogP contribution is 2.34. The van der Waals surface area contributed by atoms with E-state index in [2.05, 4.69) is 20.9 Å². The van der Waals surface area contributed by atoms with Gasteiger partial charge in [-0.3, -0.25) is 24.7 Å². The molecular formula is C20H21BrN2O5. The molecule has 0 bridgehead atoms. The Kier molecular flexibility index (Phi) is 6.66. The first-order chi connectivity index (χ1) is 13.0. The van der Waals surface area contributed by atoms with Crippen molar-refractivity contribution < 1.29 is 19.2 Å². The van der Waals surface area contributed by atoms with E-state index in [1.54, 1.807) is 57.2 Å². The number of aromatic nitrogens is 1. The number of benzene rings is 1. The third-order valence-corrected chi connectivity index (χ3v) is 4.53. The number of halogens is 1. The average Bonchev–Trinajstić information content (AvgIpc) is 2.60. The molecule has 7 nitrogen and oxygen atoms in total. The number of ketones is 1. The summed E-state index contributed by atoms with van der Waals surface area (Å²) in [5.41, 5.74) is -2.17. The fourth-order valence-corrected chi connectivity index (χ4v) is 3.03. The lowest BCUT2D eigenvalue weighted by molar-refractivity contribution is -0.488. The van der Waals surface area contributed by atoms with Crippen LogP contribution in [0.1, 0.15) is 43.2 Å². The third-order valence-electron chi connectivity index (χ3n) is 4.00. The van der Waals surface area contributed by atoms with Crippen LogP contribution in [0.15, 0.2) is 53.1 Å². The van der Waals surface area contributed by atoms with Gasteiger partial charge in [0.1, 0.15) is 11.3 Å². The molecule has 0 aliphatic carbocycles. The van der Waals surface area contributed by atoms with Gasteiger partial charge in [-0.1, -0.05) is 34.1 Å². The molecule has 1 heterocycles. The van der Waals surface area contributed by atoms with Crippen LogP contribution in [0, 0.1) is 10.1 Å². The third kappa shape index (κ3) is 5.45. The van der Waals surface area contributed by atoms with Gasteiger partial charge in [0.25, 0.3) is 0 Å². The van der Waals surface area contributed by atoms with Crippen molar-refractivity contribution >= 4 is 27.7 Å². The number of carbonyl (C=O) groups excluding carboxylic acids is 2. The molecule has 1 atom stereocenters. The smallest absolute Gasteiger partial charge is 0.324 e. The van der Waals surface area contributed by atoms with Gasteiger partial charge in [0.2, 0.25) is 6.54 Å². The number of nitrogens with zero attached hydrogens (tertiary/aromatic N) is 2. The Morgan fingerprint density at radius 1 is 1.14 bits per heavy atom. The van der Waals surface area contributed by atoms with Crippen molar-refractivity contribution in [2.24, 2.45) is 0 Å². The van der Waals surface area contributed by atoms with E-state index in [-0.39, 0.29) is 5.69 Å². The minimum atomic E-state index is -1.77. The topological polar surface area (TPSA) is 99.4 Å². The molecule has 0 saturated carbocycles. The fraction of sp³-hybridized carbons (Fsp3) is 0.350. The van der Waals surface area contributed by atoms with Gasteiger partial charge in [-0.2, -0.15) is 0 Å². The minimum absolute atomic E-state index is 0.135. The van der Waals surface area contributed by atoms with Crippen molar-refractivity contribution in [1.82, 2.24) is 4.98 Å². The molecule has 2 rings (SSSR count). The molecule has 2 aromatic rings. The largest absolute Gasteiger partial charge is 0.459 e. The summed E-state index contributed by atoms with van der Waals surface area (Å²) in [7, 11) is 0. The van der Waals surface area contributed by atoms with Crippen molar-refractivity contribution in [3.63, 3.8) is 0 Å². The molecule has 1 aromatic heterocycles. The number of carbonyl (C=O) groups is 2. The van der Waals surface area contributed by atoms with Crippen LogP contribution in [0.4, 0.5) is 0 Å². The van der Waals surface area contributed by atoms with Gasteiger partial charge in [-0.15, -0.1) is 0 Å². The van der Waals surface area contributed by atoms with E-state index in [9.17, 15) is 19.7 Å². The van der Waals surface area contributed by atoms with E-state index in [0.29, 0.717) is 5.56 Å². The van der Waals surface area contributed by atoms with Gasteiger partial charge < -0.3 is 4.74 Å². The van der Waals surface area contributed by atoms with Crippen LogP contribution in [0.25, 0.3) is 0 Å². The number of esters is 1. The summed E-state index contributed by atoms with van der Waals surface area (Å²) >= 11 is 3.31. The van der Waals surface area contributed by atoms with Crippen molar-refractivity contribution in [3.8, 4) is 0 Å². The summed E-state index contributed by atoms with van der Waals surface area (Å²) in [6.45, 7) is 4.24. The van der Waals surface area contributed by atoms with Crippen molar-refractivity contribution in [3.05, 3.63) is 74.5 Å². The van der Waals surface area contributed by atoms with Crippen LogP contribution in [0.5, 0.6) is 0 Å². The maximum atomic E-state index is 13.2. The highest BCUT2D eigenvalue weighted by Gasteiger charge is 2.50. The fourth-order valence-electron chi connectivity index (χ4n) is 2.76. The lowest BCUT2D eigenvalue weighted by atomic mass is 9.75. The van der Waals surface area contributed by atoms with Crippen LogP contribution in [0.3, 0.4) is 0 Å². The second-order valence-electron chi connectivity index (χ2n) is 7.40. The highest BCUT2D eigenvalue weighted by atomic mass is 79.9. The molecule has 0 saturated heterocycles. The monoisotopic (exact) mass is 448 g/mol. The van der Waals surface area contributed by atoms with Crippen LogP contribution in [-0.2, 0) is 14.9 Å². The Morgan fingerprint density at radius 3 is 2.29 bits per heavy atom. The SMILES string of the molecule is CC(C)(C)OC(=O)[C@@](CC(=O)c1ccccn1)(C[N+](=O)[O-])c1ccc(Br)cc1. The normalized spacial score (nSPS) is 13.4. The minimum Gasteiger partial charge on any atom is -0.459 e. The van der Waals surface area contributed by atoms with Crippen molar-refractivity contribution in [2.45, 2.75) is 38.2 Å². The lowest BCUT2D eigenvalue weighted by Crippen LogP contribution is -2.47. The summed E-state index contributed by atoms with van der Waals surface area (Å²) in [5, 5.41) is 11.5. The summed E-state index contributed by atoms with van der Waals surface area (Å²) in [6.07, 6.45) is 1.02. The van der Waals surface area contributed by atoms with E-state index >= 15 is 0 Å². The van der Waals surface area contributed by atoms with Gasteiger partial charge in [-0.05, 0) is 50.6 Å². The second-order valence-corrected chi connectivity index (χ2v) is 8.31. The van der Waals surface area contributed by atoms with E-state index in [0.717, 1.165) is 4.47 Å². The molecule has 28 heavy (non-hydrogen) atoms. The standard InChI is InChI=1S/C20H21BrN2O5/c1-19(2,3)28-18(25)20(13-23(26)27,14-7-9-15(21)10-8-14)12-17(24)16-6-4-5-11-22-16/h4-11H,12-13H2,1-3H3/t20-/m0/s1. The Bertz CT molecular complexity index is 862. The molecular weight excluding hydrogens is 428 g/mol. The zero-order chi connectivity index (χ0) is 20.9. The quantitative estimate of drug-likeness (QED) is 0.275. The maximum absolute atomic E-state index is 13.2. The summed E-state index contributed by atoms with van der Waals surface area (Å²) in [6, 6.07) is 11.3. The number of hydrogen-bond acceptors (Lipinski definition) is 6. The number of pyridine rings is 1. The van der Waals surface area contributed by atoms with Crippen LogP contribution in [-0.4, -0.2) is 33.8 Å². The van der Waals surface area contributed by atoms with Crippen LogP contribution >= 0.6 is 15.9 Å². The number of hydrogen-bond donors (Lipinski definition) is 0. The number of Topliss-reactive ketones (excluding diaryl/α,β-unsaturated/α-hetero) is 1. The van der Waals surface area contributed by atoms with Crippen molar-refractivity contribution in [2.75, 3.05) is 6.54 Å². The zero-order valence-electron chi connectivity index (χ0n) is 15.8. The molecule has 0 unspecified atom stereocenters. The highest BCUT2D eigenvalue weighted by molar-refractivity contribution is 9.10. The molecule has 0 amide bonds. The predicted molar refractivity (Wildman–Crippen MR) is 107 cm³/mol. The molecule has 0 aliphatic rings. The average molecular weight is 449 g/mol. The second kappa shape index (κ2) is 8.60. The first-order valence-electron chi connectivity index (χ1n) is 8.59. The molecule has 8 heteroatoms. The molecule has 0 fully saturated rings. The maximum Gasteiger partial charge on any atom is 0.324 e. The van der Waals surface area contributed by atoms with E-state index in [4.69, 9.17) is 4.74 Å². The van der Waals surface area contributed by atoms with E-state index in [1.807, 2.05) is 0 Å². The van der Waals surface area contributed by atoms with Crippen molar-refractivity contribution in [1.29, 1.82) is 0 Å². The lowest BCUT2D eigenvalue weighted by Gasteiger charge is -2.31. The molecule has 0 radical (unpaired) electrons. The number of nitro groups is 1. The van der Waals surface area contributed by atoms with Gasteiger partial charge in [0.15, 0.2) is 11.2 Å². The Labute approximate surface area is 171 Å². The van der Waals surface area contributed by atoms with Gasteiger partial charge in [0, 0.05) is 22.0 Å². The van der Waals surface area contributed by atoms with Gasteiger partial charge in [0.05, 0.1) is 0 Å². The number of rotatable bonds is 7. The van der Waals surface area contributed by atoms with Gasteiger partial charge in [-0.25, -0.2) is 0 Å². The summed E-state index contributed by atoms with van der Waals surface area (Å²) in [5.74, 6) is -1.29. The molecule has 0 aliphatic heterocycles. The summed E-state index contributed by atoms with van der Waals surface area (Å²) in [4.78, 5) is 40.9. The Hall–Kier alpha value is -2.61. The first kappa shape index (κ1) is 21.7. The molecule has 148 valence electrons. The Morgan fingerprint density at radius 2 is 1.79 bits per heavy atom.